The van der Waals surface area contributed by atoms with Crippen molar-refractivity contribution in [2.45, 2.75) is 32.4 Å². The maximum atomic E-state index is 5.44. The molecular weight excluding hydrogens is 178 g/mol. The van der Waals surface area contributed by atoms with Crippen molar-refractivity contribution in [3.63, 3.8) is 0 Å². The molecule has 0 aromatic rings. The molecule has 14 heavy (non-hydrogen) atoms. The van der Waals surface area contributed by atoms with Crippen LogP contribution in [0.15, 0.2) is 12.2 Å². The molecule has 0 amide bonds. The van der Waals surface area contributed by atoms with Gasteiger partial charge in [0.25, 0.3) is 0 Å². The van der Waals surface area contributed by atoms with Gasteiger partial charge < -0.3 is 14.8 Å². The van der Waals surface area contributed by atoms with E-state index >= 15 is 0 Å². The Kier molecular flexibility index (Phi) is 5.15. The molecule has 0 aliphatic carbocycles. The summed E-state index contributed by atoms with van der Waals surface area (Å²) in [6.07, 6.45) is 1.46. The smallest absolute Gasteiger partial charge is 0.0700 e. The Bertz CT molecular complexity index is 182. The van der Waals surface area contributed by atoms with Crippen LogP contribution in [-0.2, 0) is 9.47 Å². The summed E-state index contributed by atoms with van der Waals surface area (Å²) in [5, 5.41) is 3.43. The summed E-state index contributed by atoms with van der Waals surface area (Å²) in [5.41, 5.74) is 1.07. The Hall–Kier alpha value is -0.380. The zero-order valence-electron chi connectivity index (χ0n) is 9.21. The fourth-order valence-electron chi connectivity index (χ4n) is 1.56. The molecule has 3 nitrogen and oxygen atoms in total. The number of hydrogen-bond acceptors (Lipinski definition) is 3. The lowest BCUT2D eigenvalue weighted by Gasteiger charge is -2.15. The molecule has 1 N–H and O–H groups in total. The van der Waals surface area contributed by atoms with Crippen LogP contribution in [0.3, 0.4) is 0 Å². The van der Waals surface area contributed by atoms with Gasteiger partial charge in [0.15, 0.2) is 0 Å². The van der Waals surface area contributed by atoms with Crippen LogP contribution in [-0.4, -0.2) is 38.5 Å². The van der Waals surface area contributed by atoms with Crippen molar-refractivity contribution in [3.05, 3.63) is 12.2 Å². The average molecular weight is 199 g/mol. The van der Waals surface area contributed by atoms with Crippen molar-refractivity contribution in [1.29, 1.82) is 0 Å². The average Bonchev–Trinajstić information content (AvgIpc) is 2.51. The third kappa shape index (κ3) is 4.22. The molecule has 0 aromatic carbocycles. The lowest BCUT2D eigenvalue weighted by molar-refractivity contribution is 0.108. The van der Waals surface area contributed by atoms with Crippen LogP contribution in [0.1, 0.15) is 20.3 Å². The summed E-state index contributed by atoms with van der Waals surface area (Å²) in [6, 6.07) is 0.503. The molecule has 1 fully saturated rings. The molecule has 2 atom stereocenters. The Balaban J connectivity index is 1.95. The molecule has 3 heteroatoms. The van der Waals surface area contributed by atoms with E-state index in [9.17, 15) is 0 Å². The van der Waals surface area contributed by atoms with Gasteiger partial charge >= 0.3 is 0 Å². The largest absolute Gasteiger partial charge is 0.377 e. The summed E-state index contributed by atoms with van der Waals surface area (Å²) in [5.74, 6) is 0. The maximum Gasteiger partial charge on any atom is 0.0700 e. The molecule has 1 saturated heterocycles. The van der Waals surface area contributed by atoms with Gasteiger partial charge in [0.1, 0.15) is 0 Å². The predicted octanol–water partition coefficient (Wildman–Crippen LogP) is 1.35. The molecule has 0 saturated carbocycles. The van der Waals surface area contributed by atoms with E-state index in [1.165, 1.54) is 0 Å². The molecule has 1 aliphatic heterocycles. The Morgan fingerprint density at radius 1 is 1.64 bits per heavy atom. The quantitative estimate of drug-likeness (QED) is 0.517. The van der Waals surface area contributed by atoms with E-state index in [0.29, 0.717) is 18.8 Å². The van der Waals surface area contributed by atoms with E-state index in [1.807, 2.05) is 6.92 Å². The van der Waals surface area contributed by atoms with Gasteiger partial charge in [-0.3, -0.25) is 0 Å². The number of rotatable bonds is 6. The fourth-order valence-corrected chi connectivity index (χ4v) is 1.56. The molecular formula is C11H21NO2. The molecule has 1 heterocycles. The third-order valence-electron chi connectivity index (χ3n) is 2.38. The molecule has 0 spiro atoms. The number of hydrogen-bond donors (Lipinski definition) is 1. The second kappa shape index (κ2) is 6.17. The first-order valence-electron chi connectivity index (χ1n) is 5.27. The van der Waals surface area contributed by atoms with Crippen LogP contribution in [0, 0.1) is 0 Å². The highest BCUT2D eigenvalue weighted by atomic mass is 16.5. The Morgan fingerprint density at radius 2 is 2.43 bits per heavy atom. The predicted molar refractivity (Wildman–Crippen MR) is 57.5 cm³/mol. The molecule has 2 unspecified atom stereocenters. The van der Waals surface area contributed by atoms with Crippen molar-refractivity contribution in [1.82, 2.24) is 5.32 Å². The Labute approximate surface area is 86.5 Å². The van der Waals surface area contributed by atoms with Crippen LogP contribution in [0.4, 0.5) is 0 Å². The Morgan fingerprint density at radius 3 is 3.00 bits per heavy atom. The first kappa shape index (κ1) is 11.7. The lowest BCUT2D eigenvalue weighted by Crippen LogP contribution is -2.36. The second-order valence-corrected chi connectivity index (χ2v) is 3.93. The molecule has 1 aliphatic rings. The van der Waals surface area contributed by atoms with Crippen molar-refractivity contribution in [3.8, 4) is 0 Å². The monoisotopic (exact) mass is 199 g/mol. The lowest BCUT2D eigenvalue weighted by atomic mass is 10.1. The van der Waals surface area contributed by atoms with Crippen molar-refractivity contribution in [2.24, 2.45) is 0 Å². The summed E-state index contributed by atoms with van der Waals surface area (Å²) < 4.78 is 10.8. The summed E-state index contributed by atoms with van der Waals surface area (Å²) >= 11 is 0. The fraction of sp³-hybridized carbons (Fsp3) is 0.818. The van der Waals surface area contributed by atoms with Crippen molar-refractivity contribution < 1.29 is 9.47 Å². The van der Waals surface area contributed by atoms with Crippen molar-refractivity contribution in [2.75, 3.05) is 26.4 Å². The van der Waals surface area contributed by atoms with E-state index in [2.05, 4.69) is 18.8 Å². The minimum atomic E-state index is 0.344. The van der Waals surface area contributed by atoms with Gasteiger partial charge in [0.2, 0.25) is 0 Å². The molecule has 82 valence electrons. The van der Waals surface area contributed by atoms with E-state index in [-0.39, 0.29) is 0 Å². The van der Waals surface area contributed by atoms with E-state index in [4.69, 9.17) is 9.47 Å². The van der Waals surface area contributed by atoms with Crippen molar-refractivity contribution >= 4 is 0 Å². The molecule has 0 radical (unpaired) electrons. The van der Waals surface area contributed by atoms with E-state index < -0.39 is 0 Å². The summed E-state index contributed by atoms with van der Waals surface area (Å²) in [7, 11) is 0. The highest BCUT2D eigenvalue weighted by molar-refractivity contribution is 4.87. The van der Waals surface area contributed by atoms with Crippen LogP contribution < -0.4 is 5.32 Å². The topological polar surface area (TPSA) is 30.5 Å². The highest BCUT2D eigenvalue weighted by Crippen LogP contribution is 2.11. The third-order valence-corrected chi connectivity index (χ3v) is 2.38. The van der Waals surface area contributed by atoms with E-state index in [0.717, 1.165) is 31.8 Å². The molecule has 1 rings (SSSR count). The van der Waals surface area contributed by atoms with Gasteiger partial charge in [0.05, 0.1) is 19.3 Å². The maximum absolute atomic E-state index is 5.44. The minimum absolute atomic E-state index is 0.344. The van der Waals surface area contributed by atoms with Gasteiger partial charge in [0, 0.05) is 19.2 Å². The van der Waals surface area contributed by atoms with Crippen LogP contribution >= 0.6 is 0 Å². The van der Waals surface area contributed by atoms with Gasteiger partial charge in [-0.05, 0) is 20.3 Å². The van der Waals surface area contributed by atoms with Gasteiger partial charge in [-0.15, -0.1) is 0 Å². The zero-order valence-corrected chi connectivity index (χ0v) is 9.21. The first-order chi connectivity index (χ1) is 6.70. The summed E-state index contributed by atoms with van der Waals surface area (Å²) in [4.78, 5) is 0. The van der Waals surface area contributed by atoms with Gasteiger partial charge in [-0.1, -0.05) is 12.2 Å². The first-order valence-corrected chi connectivity index (χ1v) is 5.27. The normalized spacial score (nSPS) is 26.7. The van der Waals surface area contributed by atoms with Crippen LogP contribution in [0.2, 0.25) is 0 Å². The molecule has 0 aromatic heterocycles. The standard InChI is InChI=1S/C11H21NO2/c1-9(2)8-13-7-5-12-11-4-6-14-10(11)3/h10-12H,1,4-8H2,2-3H3. The zero-order chi connectivity index (χ0) is 10.4. The SMILES string of the molecule is C=C(C)COCCNC1CCOC1C. The second-order valence-electron chi connectivity index (χ2n) is 3.93. The minimum Gasteiger partial charge on any atom is -0.377 e. The van der Waals surface area contributed by atoms with Crippen LogP contribution in [0.5, 0.6) is 0 Å². The molecule has 0 bridgehead atoms. The number of nitrogens with one attached hydrogen (secondary N) is 1. The summed E-state index contributed by atoms with van der Waals surface area (Å²) in [6.45, 7) is 11.0. The van der Waals surface area contributed by atoms with E-state index in [1.54, 1.807) is 0 Å². The number of ether oxygens (including phenoxy) is 2. The van der Waals surface area contributed by atoms with Crippen LogP contribution in [0.25, 0.3) is 0 Å². The highest BCUT2D eigenvalue weighted by Gasteiger charge is 2.22. The van der Waals surface area contributed by atoms with Gasteiger partial charge in [-0.2, -0.15) is 0 Å². The van der Waals surface area contributed by atoms with Gasteiger partial charge in [-0.25, -0.2) is 0 Å².